The number of alkyl halides is 9. The zero-order chi connectivity index (χ0) is 25.7. The fraction of sp³-hybridized carbons (Fsp3) is 0.692. The molecule has 0 heterocycles. The number of amides is 5. The minimum atomic E-state index is -6.35. The molecule has 0 aliphatic heterocycles. The lowest BCUT2D eigenvalue weighted by molar-refractivity contribution is -0.201. The molecule has 186 valence electrons. The van der Waals surface area contributed by atoms with E-state index in [2.05, 4.69) is 0 Å². The third-order valence-corrected chi connectivity index (χ3v) is 5.88. The van der Waals surface area contributed by atoms with Gasteiger partial charge in [-0.3, -0.25) is 14.4 Å². The van der Waals surface area contributed by atoms with Crippen LogP contribution in [0.25, 0.3) is 0 Å². The summed E-state index contributed by atoms with van der Waals surface area (Å²) in [7, 11) is -5.60. The summed E-state index contributed by atoms with van der Waals surface area (Å²) in [5, 5.41) is 0. The molecule has 0 bridgehead atoms. The first-order valence-electron chi connectivity index (χ1n) is 8.21. The van der Waals surface area contributed by atoms with E-state index in [1.165, 1.54) is 0 Å². The first-order chi connectivity index (χ1) is 14.3. The highest BCUT2D eigenvalue weighted by Crippen LogP contribution is 2.30. The van der Waals surface area contributed by atoms with Crippen LogP contribution in [0.3, 0.4) is 0 Å². The molecule has 0 aromatic carbocycles. The van der Waals surface area contributed by atoms with Gasteiger partial charge in [-0.1, -0.05) is 0 Å². The highest BCUT2D eigenvalue weighted by atomic mass is 28.4. The average molecular weight is 510 g/mol. The van der Waals surface area contributed by atoms with Gasteiger partial charge < -0.3 is 13.3 Å². The summed E-state index contributed by atoms with van der Waals surface area (Å²) in [6.07, 6.45) is -18.8. The highest BCUT2D eigenvalue weighted by Gasteiger charge is 2.65. The van der Waals surface area contributed by atoms with Crippen LogP contribution < -0.4 is 0 Å². The number of imide groups is 4. The molecule has 0 unspecified atom stereocenters. The predicted molar refractivity (Wildman–Crippen MR) is 82.9 cm³/mol. The van der Waals surface area contributed by atoms with E-state index in [9.17, 15) is 58.7 Å². The van der Waals surface area contributed by atoms with Crippen LogP contribution in [0.5, 0.6) is 0 Å². The second kappa shape index (κ2) is 10.6. The quantitative estimate of drug-likeness (QED) is 0.383. The molecule has 32 heavy (non-hydrogen) atoms. The summed E-state index contributed by atoms with van der Waals surface area (Å²) in [6.45, 7) is 0.963. The van der Waals surface area contributed by atoms with Gasteiger partial charge in [0, 0.05) is 19.8 Å². The fourth-order valence-corrected chi connectivity index (χ4v) is 4.38. The van der Waals surface area contributed by atoms with Gasteiger partial charge in [-0.05, 0) is 20.8 Å². The number of hydrogen-bond acceptors (Lipinski definition) is 7. The van der Waals surface area contributed by atoms with Gasteiger partial charge in [0.1, 0.15) is 0 Å². The smallest absolute Gasteiger partial charge is 0.356 e. The molecule has 0 rings (SSSR count). The van der Waals surface area contributed by atoms with Gasteiger partial charge in [-0.15, -0.1) is 0 Å². The Kier molecular flexibility index (Phi) is 9.83. The lowest BCUT2D eigenvalue weighted by atomic mass is 10.4. The van der Waals surface area contributed by atoms with Crippen LogP contribution in [0.1, 0.15) is 20.8 Å². The van der Waals surface area contributed by atoms with Gasteiger partial charge in [-0.25, -0.2) is 9.36 Å². The highest BCUT2D eigenvalue weighted by molar-refractivity contribution is 6.64. The first kappa shape index (κ1) is 29.7. The van der Waals surface area contributed by atoms with Gasteiger partial charge in [-0.2, -0.15) is 44.4 Å². The second-order valence-electron chi connectivity index (χ2n) is 5.19. The Labute approximate surface area is 174 Å². The summed E-state index contributed by atoms with van der Waals surface area (Å²) >= 11 is 0. The SMILES string of the molecule is CCO[Si](OCC)(OCC)N(C(=O)N(C(=O)C(F)(F)F)C(=O)C(F)(F)F)C(=O)C(F)(F)F. The number of rotatable bonds is 7. The van der Waals surface area contributed by atoms with Crippen LogP contribution in [0.2, 0.25) is 0 Å². The van der Waals surface area contributed by atoms with Crippen LogP contribution >= 0.6 is 0 Å². The van der Waals surface area contributed by atoms with E-state index in [-0.39, 0.29) is 0 Å². The lowest BCUT2D eigenvalue weighted by Crippen LogP contribution is -2.71. The Hall–Kier alpha value is -2.25. The molecule has 0 aliphatic carbocycles. The zero-order valence-electron chi connectivity index (χ0n) is 16.3. The molecule has 0 fully saturated rings. The Morgan fingerprint density at radius 3 is 1.12 bits per heavy atom. The molecule has 0 radical (unpaired) electrons. The summed E-state index contributed by atoms with van der Waals surface area (Å²) < 4.78 is 129. The van der Waals surface area contributed by atoms with Crippen molar-refractivity contribution in [2.24, 2.45) is 0 Å². The largest absolute Gasteiger partial charge is 0.644 e. The normalized spacial score (nSPS) is 13.0. The molecule has 0 spiro atoms. The molecule has 9 nitrogen and oxygen atoms in total. The van der Waals surface area contributed by atoms with E-state index in [1.54, 1.807) is 0 Å². The Morgan fingerprint density at radius 1 is 0.625 bits per heavy atom. The van der Waals surface area contributed by atoms with Gasteiger partial charge in [0.2, 0.25) is 0 Å². The monoisotopic (exact) mass is 510 g/mol. The standard InChI is InChI=1S/C13H15F9N2O7Si/c1-4-29-32(30-5-2,31-6-3)24(9(27)13(20,21)22)10(28)23(7(25)11(14,15)16)8(26)12(17,18)19/h4-6H2,1-3H3. The van der Waals surface area contributed by atoms with Crippen LogP contribution in [0.15, 0.2) is 0 Å². The van der Waals surface area contributed by atoms with E-state index in [1.807, 2.05) is 0 Å². The molecular weight excluding hydrogens is 495 g/mol. The van der Waals surface area contributed by atoms with E-state index < -0.39 is 80.5 Å². The van der Waals surface area contributed by atoms with Gasteiger partial charge in [0.25, 0.3) is 0 Å². The molecule has 0 aliphatic rings. The second-order valence-corrected chi connectivity index (χ2v) is 7.55. The minimum Gasteiger partial charge on any atom is -0.356 e. The first-order valence-corrected chi connectivity index (χ1v) is 9.88. The van der Waals surface area contributed by atoms with Crippen LogP contribution in [-0.4, -0.2) is 80.5 Å². The van der Waals surface area contributed by atoms with Gasteiger partial charge in [0.05, 0.1) is 0 Å². The maximum atomic E-state index is 13.1. The topological polar surface area (TPSA) is 102 Å². The van der Waals surface area contributed by atoms with Crippen molar-refractivity contribution in [1.82, 2.24) is 9.47 Å². The molecular formula is C13H15F9N2O7Si. The van der Waals surface area contributed by atoms with E-state index >= 15 is 0 Å². The number of carbonyl (C=O) groups excluding carboxylic acids is 4. The fourth-order valence-electron chi connectivity index (χ4n) is 1.94. The third kappa shape index (κ3) is 6.87. The Balaban J connectivity index is 7.12. The van der Waals surface area contributed by atoms with Crippen molar-refractivity contribution in [2.45, 2.75) is 39.3 Å². The van der Waals surface area contributed by atoms with Gasteiger partial charge in [0.15, 0.2) is 0 Å². The van der Waals surface area contributed by atoms with Crippen LogP contribution in [-0.2, 0) is 27.7 Å². The zero-order valence-corrected chi connectivity index (χ0v) is 17.3. The van der Waals surface area contributed by atoms with Crippen molar-refractivity contribution in [3.63, 3.8) is 0 Å². The summed E-state index contributed by atoms with van der Waals surface area (Å²) in [5.74, 6) is -11.0. The molecule has 0 atom stereocenters. The van der Waals surface area contributed by atoms with Crippen molar-refractivity contribution in [2.75, 3.05) is 19.8 Å². The number of carbonyl (C=O) groups is 4. The summed E-state index contributed by atoms with van der Waals surface area (Å²) in [6, 6.07) is -3.28. The van der Waals surface area contributed by atoms with Crippen molar-refractivity contribution in [1.29, 1.82) is 0 Å². The Morgan fingerprint density at radius 2 is 0.906 bits per heavy atom. The lowest BCUT2D eigenvalue weighted by Gasteiger charge is -2.37. The molecule has 5 amide bonds. The van der Waals surface area contributed by atoms with Crippen molar-refractivity contribution >= 4 is 32.7 Å². The van der Waals surface area contributed by atoms with E-state index in [4.69, 9.17) is 13.3 Å². The average Bonchev–Trinajstić information content (AvgIpc) is 2.60. The van der Waals surface area contributed by atoms with Gasteiger partial charge >= 0.3 is 51.2 Å². The molecule has 0 aromatic rings. The number of nitrogens with zero attached hydrogens (tertiary/aromatic N) is 2. The van der Waals surface area contributed by atoms with Crippen molar-refractivity contribution in [3.05, 3.63) is 0 Å². The molecule has 19 heteroatoms. The number of halogens is 9. The minimum absolute atomic E-state index is 0.721. The third-order valence-electron chi connectivity index (χ3n) is 2.97. The number of hydrogen-bond donors (Lipinski definition) is 0. The summed E-state index contributed by atoms with van der Waals surface area (Å²) in [4.78, 5) is 45.0. The van der Waals surface area contributed by atoms with E-state index in [0.29, 0.717) is 0 Å². The van der Waals surface area contributed by atoms with E-state index in [0.717, 1.165) is 20.8 Å². The maximum absolute atomic E-state index is 13.1. The molecule has 0 aromatic heterocycles. The van der Waals surface area contributed by atoms with Crippen molar-refractivity contribution < 1.29 is 72.0 Å². The van der Waals surface area contributed by atoms with Crippen molar-refractivity contribution in [3.8, 4) is 0 Å². The van der Waals surface area contributed by atoms with Crippen LogP contribution in [0, 0.1) is 0 Å². The summed E-state index contributed by atoms with van der Waals surface area (Å²) in [5.41, 5.74) is 0. The molecule has 0 N–H and O–H groups in total. The predicted octanol–water partition coefficient (Wildman–Crippen LogP) is 2.52. The van der Waals surface area contributed by atoms with Crippen LogP contribution in [0.4, 0.5) is 44.3 Å². The Bertz CT molecular complexity index is 681. The molecule has 0 saturated heterocycles. The number of urea groups is 1. The molecule has 0 saturated carbocycles. The maximum Gasteiger partial charge on any atom is 0.644 e.